The Balaban J connectivity index is 1.23. The fraction of sp³-hybridized carbons (Fsp3) is 0.350. The smallest absolute Gasteiger partial charge is 0.282 e. The number of aromatic nitrogens is 1. The minimum atomic E-state index is 0.00810. The van der Waals surface area contributed by atoms with Crippen LogP contribution in [0.1, 0.15) is 15.4 Å². The van der Waals surface area contributed by atoms with Crippen LogP contribution in [0.5, 0.6) is 0 Å². The Morgan fingerprint density at radius 1 is 1.11 bits per heavy atom. The first-order valence-corrected chi connectivity index (χ1v) is 10.5. The van der Waals surface area contributed by atoms with Crippen molar-refractivity contribution in [2.75, 3.05) is 39.3 Å². The van der Waals surface area contributed by atoms with Gasteiger partial charge in [-0.3, -0.25) is 14.5 Å². The van der Waals surface area contributed by atoms with Crippen molar-refractivity contribution in [3.05, 3.63) is 57.5 Å². The van der Waals surface area contributed by atoms with Gasteiger partial charge in [-0.05, 0) is 17.7 Å². The maximum atomic E-state index is 12.4. The number of likely N-dealkylation sites (tertiary alicyclic amines) is 1. The molecule has 146 valence electrons. The normalized spacial score (nSPS) is 18.5. The molecule has 2 aromatic rings. The van der Waals surface area contributed by atoms with Gasteiger partial charge in [-0.2, -0.15) is 0 Å². The Kier molecular flexibility index (Phi) is 5.75. The summed E-state index contributed by atoms with van der Waals surface area (Å²) in [4.78, 5) is 34.9. The maximum absolute atomic E-state index is 12.4. The summed E-state index contributed by atoms with van der Waals surface area (Å²) < 4.78 is 0. The SMILES string of the molecule is O=C(/C=C/c1ccccc1Cl)N1CC(N2CCN(C(=O)c3nccs3)CC2)C1. The van der Waals surface area contributed by atoms with E-state index in [-0.39, 0.29) is 11.8 Å². The molecule has 2 saturated heterocycles. The maximum Gasteiger partial charge on any atom is 0.282 e. The van der Waals surface area contributed by atoms with Crippen molar-refractivity contribution in [2.24, 2.45) is 0 Å². The first-order valence-electron chi connectivity index (χ1n) is 9.26. The Labute approximate surface area is 173 Å². The van der Waals surface area contributed by atoms with E-state index >= 15 is 0 Å². The molecular formula is C20H21ClN4O2S. The van der Waals surface area contributed by atoms with Gasteiger partial charge in [0.1, 0.15) is 0 Å². The fourth-order valence-corrected chi connectivity index (χ4v) is 4.30. The summed E-state index contributed by atoms with van der Waals surface area (Å²) in [7, 11) is 0. The average molecular weight is 417 g/mol. The molecule has 1 aromatic carbocycles. The van der Waals surface area contributed by atoms with Crippen molar-refractivity contribution in [1.82, 2.24) is 19.7 Å². The van der Waals surface area contributed by atoms with Gasteiger partial charge in [0.15, 0.2) is 5.01 Å². The van der Waals surface area contributed by atoms with E-state index in [2.05, 4.69) is 9.88 Å². The monoisotopic (exact) mass is 416 g/mol. The van der Waals surface area contributed by atoms with Crippen LogP contribution in [0.2, 0.25) is 5.02 Å². The molecule has 0 unspecified atom stereocenters. The molecule has 0 bridgehead atoms. The molecule has 0 saturated carbocycles. The third-order valence-corrected chi connectivity index (χ3v) is 6.32. The van der Waals surface area contributed by atoms with E-state index in [9.17, 15) is 9.59 Å². The molecule has 0 N–H and O–H groups in total. The number of hydrogen-bond donors (Lipinski definition) is 0. The van der Waals surface area contributed by atoms with Crippen molar-refractivity contribution < 1.29 is 9.59 Å². The molecular weight excluding hydrogens is 396 g/mol. The van der Waals surface area contributed by atoms with Crippen LogP contribution in [0.25, 0.3) is 6.08 Å². The number of benzene rings is 1. The van der Waals surface area contributed by atoms with Gasteiger partial charge in [-0.15, -0.1) is 11.3 Å². The minimum Gasteiger partial charge on any atom is -0.336 e. The van der Waals surface area contributed by atoms with Crippen LogP contribution in [-0.2, 0) is 4.79 Å². The molecule has 0 atom stereocenters. The molecule has 0 radical (unpaired) electrons. The van der Waals surface area contributed by atoms with Crippen LogP contribution in [0.15, 0.2) is 41.9 Å². The zero-order valence-corrected chi connectivity index (χ0v) is 16.9. The lowest BCUT2D eigenvalue weighted by molar-refractivity contribution is -0.133. The molecule has 4 rings (SSSR count). The second kappa shape index (κ2) is 8.43. The zero-order valence-electron chi connectivity index (χ0n) is 15.3. The zero-order chi connectivity index (χ0) is 19.5. The van der Waals surface area contributed by atoms with Crippen LogP contribution < -0.4 is 0 Å². The molecule has 0 aliphatic carbocycles. The van der Waals surface area contributed by atoms with Gasteiger partial charge in [-0.1, -0.05) is 29.8 Å². The summed E-state index contributed by atoms with van der Waals surface area (Å²) in [6.07, 6.45) is 5.01. The number of carbonyl (C=O) groups is 2. The Hall–Kier alpha value is -2.22. The highest BCUT2D eigenvalue weighted by Crippen LogP contribution is 2.20. The highest BCUT2D eigenvalue weighted by atomic mass is 35.5. The lowest BCUT2D eigenvalue weighted by Crippen LogP contribution is -2.64. The van der Waals surface area contributed by atoms with E-state index in [1.54, 1.807) is 18.3 Å². The molecule has 0 spiro atoms. The number of amides is 2. The molecule has 2 amide bonds. The summed E-state index contributed by atoms with van der Waals surface area (Å²) in [6, 6.07) is 7.83. The molecule has 2 fully saturated rings. The van der Waals surface area contributed by atoms with Gasteiger partial charge in [-0.25, -0.2) is 4.98 Å². The molecule has 28 heavy (non-hydrogen) atoms. The summed E-state index contributed by atoms with van der Waals surface area (Å²) >= 11 is 7.49. The van der Waals surface area contributed by atoms with Crippen LogP contribution in [0, 0.1) is 0 Å². The lowest BCUT2D eigenvalue weighted by Gasteiger charge is -2.47. The number of piperazine rings is 1. The van der Waals surface area contributed by atoms with Crippen molar-refractivity contribution in [3.8, 4) is 0 Å². The number of nitrogens with zero attached hydrogens (tertiary/aromatic N) is 4. The Morgan fingerprint density at radius 3 is 2.54 bits per heavy atom. The lowest BCUT2D eigenvalue weighted by atomic mass is 10.1. The van der Waals surface area contributed by atoms with Gasteiger partial charge >= 0.3 is 0 Å². The van der Waals surface area contributed by atoms with E-state index in [0.717, 1.165) is 31.7 Å². The molecule has 6 nitrogen and oxygen atoms in total. The standard InChI is InChI=1S/C20H21ClN4O2S/c21-17-4-2-1-3-15(17)5-6-18(26)25-13-16(14-25)23-8-10-24(11-9-23)20(27)19-22-7-12-28-19/h1-7,12,16H,8-11,13-14H2/b6-5+. The quantitative estimate of drug-likeness (QED) is 0.718. The predicted octanol–water partition coefficient (Wildman–Crippen LogP) is 2.48. The van der Waals surface area contributed by atoms with Crippen molar-refractivity contribution in [2.45, 2.75) is 6.04 Å². The molecule has 3 heterocycles. The van der Waals surface area contributed by atoms with Gasteiger partial charge in [0.25, 0.3) is 5.91 Å². The molecule has 8 heteroatoms. The second-order valence-corrected chi connectivity index (χ2v) is 8.22. The number of carbonyl (C=O) groups excluding carboxylic acids is 2. The topological polar surface area (TPSA) is 56.8 Å². The number of halogens is 1. The van der Waals surface area contributed by atoms with Crippen molar-refractivity contribution in [3.63, 3.8) is 0 Å². The summed E-state index contributed by atoms with van der Waals surface area (Å²) in [5.41, 5.74) is 0.843. The van der Waals surface area contributed by atoms with Gasteiger partial charge in [0, 0.05) is 68.0 Å². The van der Waals surface area contributed by atoms with E-state index in [1.165, 1.54) is 11.3 Å². The molecule has 2 aliphatic heterocycles. The van der Waals surface area contributed by atoms with Crippen LogP contribution in [-0.4, -0.2) is 76.8 Å². The van der Waals surface area contributed by atoms with Crippen molar-refractivity contribution >= 4 is 40.8 Å². The predicted molar refractivity (Wildman–Crippen MR) is 110 cm³/mol. The van der Waals surface area contributed by atoms with Gasteiger partial charge < -0.3 is 9.80 Å². The average Bonchev–Trinajstić information content (AvgIpc) is 3.21. The molecule has 1 aromatic heterocycles. The molecule has 2 aliphatic rings. The van der Waals surface area contributed by atoms with E-state index < -0.39 is 0 Å². The summed E-state index contributed by atoms with van der Waals surface area (Å²) in [5, 5.41) is 3.02. The van der Waals surface area contributed by atoms with Crippen LogP contribution in [0.3, 0.4) is 0 Å². The third-order valence-electron chi connectivity index (χ3n) is 5.22. The van der Waals surface area contributed by atoms with E-state index in [4.69, 9.17) is 11.6 Å². The highest BCUT2D eigenvalue weighted by Gasteiger charge is 2.36. The third kappa shape index (κ3) is 4.11. The fourth-order valence-electron chi connectivity index (χ4n) is 3.50. The Morgan fingerprint density at radius 2 is 1.86 bits per heavy atom. The van der Waals surface area contributed by atoms with Gasteiger partial charge in [0.05, 0.1) is 0 Å². The van der Waals surface area contributed by atoms with E-state index in [1.807, 2.05) is 39.4 Å². The minimum absolute atomic E-state index is 0.00810. The summed E-state index contributed by atoms with van der Waals surface area (Å²) in [5.74, 6) is 0.0264. The van der Waals surface area contributed by atoms with E-state index in [0.29, 0.717) is 29.2 Å². The van der Waals surface area contributed by atoms with Crippen LogP contribution >= 0.6 is 22.9 Å². The first-order chi connectivity index (χ1) is 13.6. The van der Waals surface area contributed by atoms with Gasteiger partial charge in [0.2, 0.25) is 5.91 Å². The summed E-state index contributed by atoms with van der Waals surface area (Å²) in [6.45, 7) is 4.53. The van der Waals surface area contributed by atoms with Crippen LogP contribution in [0.4, 0.5) is 0 Å². The largest absolute Gasteiger partial charge is 0.336 e. The highest BCUT2D eigenvalue weighted by molar-refractivity contribution is 7.11. The second-order valence-electron chi connectivity index (χ2n) is 6.92. The number of rotatable bonds is 4. The Bertz CT molecular complexity index is 872. The van der Waals surface area contributed by atoms with Crippen molar-refractivity contribution in [1.29, 1.82) is 0 Å². The number of thiazole rings is 1. The first kappa shape index (κ1) is 19.1. The number of hydrogen-bond acceptors (Lipinski definition) is 5.